The van der Waals surface area contributed by atoms with Crippen LogP contribution in [0.5, 0.6) is 0 Å². The van der Waals surface area contributed by atoms with Crippen LogP contribution in [-0.2, 0) is 0 Å². The summed E-state index contributed by atoms with van der Waals surface area (Å²) in [5, 5.41) is 0. The zero-order valence-electron chi connectivity index (χ0n) is 6.88. The van der Waals surface area contributed by atoms with Crippen LogP contribution in [0.15, 0.2) is 36.4 Å². The lowest BCUT2D eigenvalue weighted by Crippen LogP contribution is -1.47. The molecule has 0 aromatic heterocycles. The summed E-state index contributed by atoms with van der Waals surface area (Å²) in [7, 11) is 0. The molecule has 0 spiro atoms. The van der Waals surface area contributed by atoms with E-state index in [1.165, 1.54) is 6.38 Å². The molecule has 0 nitrogen and oxygen atoms in total. The van der Waals surface area contributed by atoms with Gasteiger partial charge in [0, 0.05) is 6.38 Å². The van der Waals surface area contributed by atoms with Gasteiger partial charge in [-0.1, -0.05) is 36.4 Å². The van der Waals surface area contributed by atoms with Gasteiger partial charge in [0.2, 0.25) is 0 Å². The number of hydrogen-bond donors (Lipinski definition) is 0. The smallest absolute Gasteiger partial charge is 0.0108 e. The molecule has 1 rings (SSSR count). The quantitative estimate of drug-likeness (QED) is 0.472. The third-order valence-corrected chi connectivity index (χ3v) is 0.667. The Bertz CT molecular complexity index is 88.8. The minimum Gasteiger partial charge on any atom is -0.269 e. The normalized spacial score (nSPS) is 4.15. The fourth-order valence-electron chi connectivity index (χ4n) is 0.385. The van der Waals surface area contributed by atoms with E-state index in [-0.39, 0.29) is 23.5 Å². The Morgan fingerprint density at radius 1 is 0.462 bits per heavy atom. The lowest BCUT2D eigenvalue weighted by molar-refractivity contribution is 1.11. The Morgan fingerprint density at radius 3 is 0.615 bits per heavy atom. The minimum atomic E-state index is 0. The third kappa shape index (κ3) is 35.2. The van der Waals surface area contributed by atoms with Crippen molar-refractivity contribution in [3.05, 3.63) is 36.4 Å². The highest BCUT2D eigenvalue weighted by atomic mass is 35.5. The summed E-state index contributed by atoms with van der Waals surface area (Å²) in [6, 6.07) is 12.0. The molecule has 0 unspecified atom stereocenters. The first-order valence-electron chi connectivity index (χ1n) is 2.38. The second kappa shape index (κ2) is 43.3. The molecule has 6 heteroatoms. The Balaban J connectivity index is -0.0000000166. The minimum absolute atomic E-state index is 0. The largest absolute Gasteiger partial charge is 0.269 e. The van der Waals surface area contributed by atoms with Crippen molar-refractivity contribution in [1.29, 1.82) is 0 Å². The van der Waals surface area contributed by atoms with Crippen LogP contribution in [-0.4, -0.2) is 6.38 Å². The molecule has 84 valence electrons. The fourth-order valence-corrected chi connectivity index (χ4v) is 0.385. The van der Waals surface area contributed by atoms with E-state index in [9.17, 15) is 0 Å². The summed E-state index contributed by atoms with van der Waals surface area (Å²) in [6.45, 7) is 0. The van der Waals surface area contributed by atoms with E-state index in [0.717, 1.165) is 0 Å². The van der Waals surface area contributed by atoms with Crippen molar-refractivity contribution in [3.63, 3.8) is 0 Å². The summed E-state index contributed by atoms with van der Waals surface area (Å²) < 4.78 is 0. The molecule has 0 bridgehead atoms. The predicted octanol–water partition coefficient (Wildman–Crippen LogP) is 3.30. The van der Waals surface area contributed by atoms with Crippen LogP contribution in [0.2, 0.25) is 0 Å². The van der Waals surface area contributed by atoms with E-state index < -0.39 is 0 Å². The zero-order chi connectivity index (χ0) is 6.24. The summed E-state index contributed by atoms with van der Waals surface area (Å²) in [6.07, 6.45) is 1.47. The average Bonchev–Trinajstić information content (AvgIpc) is 1.96. The highest BCUT2D eigenvalue weighted by Gasteiger charge is 1.57. The average molecular weight is 229 g/mol. The topological polar surface area (TPSA) is 0 Å². The van der Waals surface area contributed by atoms with Crippen LogP contribution in [0.4, 0.5) is 23.5 Å². The van der Waals surface area contributed by atoms with Crippen LogP contribution in [0.25, 0.3) is 0 Å². The molecular weight excluding hydrogens is 215 g/mol. The number of rotatable bonds is 0. The molecule has 0 radical (unpaired) electrons. The second-order valence-corrected chi connectivity index (χ2v) is 1.15. The van der Waals surface area contributed by atoms with E-state index in [1.54, 1.807) is 0 Å². The van der Waals surface area contributed by atoms with Crippen LogP contribution < -0.4 is 0 Å². The molecule has 0 aliphatic carbocycles. The van der Waals surface area contributed by atoms with Crippen LogP contribution in [0.1, 0.15) is 0 Å². The Hall–Kier alpha value is -0.840. The molecule has 1 aromatic rings. The zero-order valence-corrected chi connectivity index (χ0v) is 7.64. The van der Waals surface area contributed by atoms with Gasteiger partial charge in [0.05, 0.1) is 0 Å². The van der Waals surface area contributed by atoms with Gasteiger partial charge in [-0.15, -0.1) is 11.6 Å². The van der Waals surface area contributed by atoms with Gasteiger partial charge in [-0.05, 0) is 0 Å². The molecule has 0 heterocycles. The molecule has 0 fully saturated rings. The standard InChI is InChI=1S/C6H6.CH3Cl.5FH/c1-2-4-6-5-3-1;1-2;;;;;/h1-6H;1H3;5*1H. The number of halogens is 6. The van der Waals surface area contributed by atoms with Crippen LogP contribution >= 0.6 is 11.6 Å². The third-order valence-electron chi connectivity index (χ3n) is 0.667. The first-order valence-corrected chi connectivity index (χ1v) is 3.13. The van der Waals surface area contributed by atoms with Crippen molar-refractivity contribution in [2.45, 2.75) is 0 Å². The first kappa shape index (κ1) is 39.9. The molecule has 0 saturated carbocycles. The predicted molar refractivity (Wildman–Crippen MR) is 50.7 cm³/mol. The van der Waals surface area contributed by atoms with E-state index in [0.29, 0.717) is 0 Å². The van der Waals surface area contributed by atoms with Crippen LogP contribution in [0, 0.1) is 0 Å². The van der Waals surface area contributed by atoms with Crippen molar-refractivity contribution >= 4 is 11.6 Å². The van der Waals surface area contributed by atoms with Gasteiger partial charge in [0.15, 0.2) is 0 Å². The summed E-state index contributed by atoms with van der Waals surface area (Å²) in [4.78, 5) is 0. The van der Waals surface area contributed by atoms with Crippen molar-refractivity contribution in [2.75, 3.05) is 6.38 Å². The molecule has 0 N–H and O–H groups in total. The lowest BCUT2D eigenvalue weighted by atomic mass is 10.4. The van der Waals surface area contributed by atoms with Crippen molar-refractivity contribution in [3.8, 4) is 0 Å². The van der Waals surface area contributed by atoms with E-state index >= 15 is 0 Å². The van der Waals surface area contributed by atoms with Gasteiger partial charge in [-0.25, -0.2) is 0 Å². The van der Waals surface area contributed by atoms with Gasteiger partial charge >= 0.3 is 0 Å². The Labute approximate surface area is 78.7 Å². The number of benzene rings is 1. The molecule has 0 aliphatic heterocycles. The summed E-state index contributed by atoms with van der Waals surface area (Å²) >= 11 is 4.64. The number of alkyl halides is 1. The van der Waals surface area contributed by atoms with Crippen molar-refractivity contribution in [2.24, 2.45) is 0 Å². The molecule has 0 atom stereocenters. The first-order chi connectivity index (χ1) is 4.00. The van der Waals surface area contributed by atoms with Crippen molar-refractivity contribution < 1.29 is 23.5 Å². The SMILES string of the molecule is CCl.F.F.F.F.F.c1ccccc1. The Morgan fingerprint density at radius 2 is 0.538 bits per heavy atom. The van der Waals surface area contributed by atoms with Gasteiger partial charge in [0.1, 0.15) is 0 Å². The second-order valence-electron chi connectivity index (χ2n) is 1.15. The molecule has 1 aromatic carbocycles. The van der Waals surface area contributed by atoms with Gasteiger partial charge in [0.25, 0.3) is 0 Å². The van der Waals surface area contributed by atoms with Crippen LogP contribution in [0.3, 0.4) is 0 Å². The lowest BCUT2D eigenvalue weighted by Gasteiger charge is -1.69. The van der Waals surface area contributed by atoms with Gasteiger partial charge < -0.3 is 0 Å². The fraction of sp³-hybridized carbons (Fsp3) is 0.143. The number of hydrogen-bond acceptors (Lipinski definition) is 0. The highest BCUT2D eigenvalue weighted by molar-refractivity contribution is 6.15. The molecule has 13 heavy (non-hydrogen) atoms. The molecule has 0 amide bonds. The van der Waals surface area contributed by atoms with Gasteiger partial charge in [-0.3, -0.25) is 23.5 Å². The highest BCUT2D eigenvalue weighted by Crippen LogP contribution is 1.79. The van der Waals surface area contributed by atoms with Gasteiger partial charge in [-0.2, -0.15) is 0 Å². The molecule has 0 saturated heterocycles. The summed E-state index contributed by atoms with van der Waals surface area (Å²) in [5.74, 6) is 0. The maximum atomic E-state index is 4.64. The van der Waals surface area contributed by atoms with Crippen molar-refractivity contribution in [1.82, 2.24) is 0 Å². The van der Waals surface area contributed by atoms with E-state index in [4.69, 9.17) is 0 Å². The molecule has 0 aliphatic rings. The molecular formula is C7H14ClF5. The monoisotopic (exact) mass is 228 g/mol. The van der Waals surface area contributed by atoms with E-state index in [1.807, 2.05) is 36.4 Å². The Kier molecular flexibility index (Phi) is 133. The summed E-state index contributed by atoms with van der Waals surface area (Å²) in [5.41, 5.74) is 0. The maximum absolute atomic E-state index is 4.64. The maximum Gasteiger partial charge on any atom is 0.0108 e. The van der Waals surface area contributed by atoms with E-state index in [2.05, 4.69) is 11.6 Å².